The molecule has 1 N–H and O–H groups in total. The summed E-state index contributed by atoms with van der Waals surface area (Å²) in [4.78, 5) is 0. The van der Waals surface area contributed by atoms with Gasteiger partial charge in [-0.2, -0.15) is 0 Å². The van der Waals surface area contributed by atoms with Crippen molar-refractivity contribution in [2.75, 3.05) is 6.61 Å². The SMILES string of the molecule is CC(C)(C)c1cc2ccc1-2.CCCCCO. The number of fused-ring (bicyclic) bond motifs is 1. The fourth-order valence-electron chi connectivity index (χ4n) is 1.77. The highest BCUT2D eigenvalue weighted by atomic mass is 16.2. The van der Waals surface area contributed by atoms with Crippen LogP contribution in [-0.2, 0) is 5.41 Å². The van der Waals surface area contributed by atoms with Crippen molar-refractivity contribution in [1.29, 1.82) is 0 Å². The van der Waals surface area contributed by atoms with E-state index in [0.29, 0.717) is 12.0 Å². The lowest BCUT2D eigenvalue weighted by Gasteiger charge is -2.30. The summed E-state index contributed by atoms with van der Waals surface area (Å²) in [5, 5.41) is 8.20. The van der Waals surface area contributed by atoms with Gasteiger partial charge in [0.15, 0.2) is 0 Å². The third-order valence-electron chi connectivity index (χ3n) is 2.90. The second-order valence-electron chi connectivity index (χ2n) is 5.44. The second kappa shape index (κ2) is 5.49. The van der Waals surface area contributed by atoms with Crippen LogP contribution < -0.4 is 0 Å². The van der Waals surface area contributed by atoms with E-state index >= 15 is 0 Å². The van der Waals surface area contributed by atoms with Gasteiger partial charge in [0.05, 0.1) is 0 Å². The van der Waals surface area contributed by atoms with Gasteiger partial charge in [-0.15, -0.1) is 0 Å². The molecular formula is C15H24O. The molecule has 2 aliphatic rings. The van der Waals surface area contributed by atoms with Crippen molar-refractivity contribution >= 4 is 0 Å². The molecular weight excluding hydrogens is 196 g/mol. The predicted octanol–water partition coefficient (Wildman–Crippen LogP) is 4.13. The van der Waals surface area contributed by atoms with E-state index in [-0.39, 0.29) is 0 Å². The van der Waals surface area contributed by atoms with Crippen LogP contribution in [0.5, 0.6) is 0 Å². The van der Waals surface area contributed by atoms with Crippen molar-refractivity contribution < 1.29 is 5.11 Å². The first-order chi connectivity index (χ1) is 7.50. The number of hydrogen-bond acceptors (Lipinski definition) is 1. The lowest BCUT2D eigenvalue weighted by molar-refractivity contribution is 0.284. The van der Waals surface area contributed by atoms with Gasteiger partial charge in [0.1, 0.15) is 0 Å². The zero-order valence-electron chi connectivity index (χ0n) is 11.0. The Bertz CT molecular complexity index is 330. The average molecular weight is 220 g/mol. The zero-order valence-corrected chi connectivity index (χ0v) is 11.0. The molecule has 0 saturated carbocycles. The van der Waals surface area contributed by atoms with Gasteiger partial charge >= 0.3 is 0 Å². The van der Waals surface area contributed by atoms with Crippen LogP contribution in [0.2, 0.25) is 0 Å². The van der Waals surface area contributed by atoms with Gasteiger partial charge in [0.25, 0.3) is 0 Å². The summed E-state index contributed by atoms with van der Waals surface area (Å²) in [6.45, 7) is 9.25. The summed E-state index contributed by atoms with van der Waals surface area (Å²) < 4.78 is 0. The minimum absolute atomic E-state index is 0.351. The van der Waals surface area contributed by atoms with Crippen molar-refractivity contribution in [3.63, 3.8) is 0 Å². The van der Waals surface area contributed by atoms with Crippen molar-refractivity contribution in [3.05, 3.63) is 23.8 Å². The van der Waals surface area contributed by atoms with Crippen molar-refractivity contribution in [1.82, 2.24) is 0 Å². The molecule has 0 saturated heterocycles. The standard InChI is InChI=1S/C10H12.C5H12O/c1-10(2,3)9-6-7-4-5-8(7)9;1-2-3-4-5-6/h4-6H,1-3H3;6H,2-5H2,1H3. The molecule has 90 valence electrons. The number of hydrogen-bond donors (Lipinski definition) is 1. The smallest absolute Gasteiger partial charge is 0.0431 e. The first-order valence-corrected chi connectivity index (χ1v) is 6.26. The first-order valence-electron chi connectivity index (χ1n) is 6.26. The van der Waals surface area contributed by atoms with Crippen molar-refractivity contribution in [3.8, 4) is 11.1 Å². The lowest BCUT2D eigenvalue weighted by Crippen LogP contribution is -2.17. The molecule has 2 rings (SSSR count). The van der Waals surface area contributed by atoms with Crippen molar-refractivity contribution in [2.24, 2.45) is 0 Å². The molecule has 0 amide bonds. The molecule has 0 aromatic rings. The predicted molar refractivity (Wildman–Crippen MR) is 70.7 cm³/mol. The molecule has 0 bridgehead atoms. The van der Waals surface area contributed by atoms with Gasteiger partial charge < -0.3 is 5.11 Å². The van der Waals surface area contributed by atoms with E-state index in [1.807, 2.05) is 0 Å². The largest absolute Gasteiger partial charge is 0.396 e. The maximum atomic E-state index is 8.20. The van der Waals surface area contributed by atoms with Crippen LogP contribution >= 0.6 is 0 Å². The Balaban J connectivity index is 0.000000187. The minimum Gasteiger partial charge on any atom is -0.396 e. The van der Waals surface area contributed by atoms with Crippen LogP contribution in [0.1, 0.15) is 52.5 Å². The molecule has 0 atom stereocenters. The molecule has 0 heterocycles. The highest BCUT2D eigenvalue weighted by Gasteiger charge is 2.25. The number of benzene rings is 1. The molecule has 0 unspecified atom stereocenters. The normalized spacial score (nSPS) is 11.8. The third-order valence-corrected chi connectivity index (χ3v) is 2.90. The van der Waals surface area contributed by atoms with E-state index in [1.54, 1.807) is 0 Å². The summed E-state index contributed by atoms with van der Waals surface area (Å²) >= 11 is 0. The number of aliphatic hydroxyl groups excluding tert-OH is 1. The molecule has 0 aromatic carbocycles. The van der Waals surface area contributed by atoms with E-state index < -0.39 is 0 Å². The fraction of sp³-hybridized carbons (Fsp3) is 0.600. The summed E-state index contributed by atoms with van der Waals surface area (Å²) in [5.74, 6) is 0. The van der Waals surface area contributed by atoms with Gasteiger partial charge in [0.2, 0.25) is 0 Å². The second-order valence-corrected chi connectivity index (χ2v) is 5.44. The van der Waals surface area contributed by atoms with Crippen LogP contribution in [0.15, 0.2) is 18.2 Å². The Morgan fingerprint density at radius 1 is 1.12 bits per heavy atom. The molecule has 0 aromatic heterocycles. The third kappa shape index (κ3) is 3.08. The molecule has 0 spiro atoms. The monoisotopic (exact) mass is 220 g/mol. The molecule has 0 fully saturated rings. The van der Waals surface area contributed by atoms with Gasteiger partial charge in [0, 0.05) is 6.61 Å². The van der Waals surface area contributed by atoms with E-state index in [1.165, 1.54) is 23.1 Å². The zero-order chi connectivity index (χ0) is 12.2. The average Bonchev–Trinajstić information content (AvgIpc) is 2.18. The fourth-order valence-corrected chi connectivity index (χ4v) is 1.77. The maximum absolute atomic E-state index is 8.20. The Labute approximate surface area is 99.5 Å². The quantitative estimate of drug-likeness (QED) is 0.771. The Kier molecular flexibility index (Phi) is 4.55. The summed E-state index contributed by atoms with van der Waals surface area (Å²) in [7, 11) is 0. The minimum atomic E-state index is 0.351. The Hall–Kier alpha value is -0.820. The lowest BCUT2D eigenvalue weighted by atomic mass is 9.74. The van der Waals surface area contributed by atoms with E-state index in [4.69, 9.17) is 5.11 Å². The van der Waals surface area contributed by atoms with E-state index in [0.717, 1.165) is 12.8 Å². The van der Waals surface area contributed by atoms with Gasteiger partial charge in [-0.3, -0.25) is 0 Å². The molecule has 16 heavy (non-hydrogen) atoms. The first kappa shape index (κ1) is 13.2. The van der Waals surface area contributed by atoms with Crippen LogP contribution in [0.3, 0.4) is 0 Å². The van der Waals surface area contributed by atoms with Gasteiger partial charge in [-0.05, 0) is 34.6 Å². The molecule has 0 aliphatic heterocycles. The number of unbranched alkanes of at least 4 members (excludes halogenated alkanes) is 2. The highest BCUT2D eigenvalue weighted by molar-refractivity contribution is 5.82. The number of aliphatic hydroxyl groups is 1. The van der Waals surface area contributed by atoms with Gasteiger partial charge in [-0.25, -0.2) is 0 Å². The highest BCUT2D eigenvalue weighted by Crippen LogP contribution is 2.42. The maximum Gasteiger partial charge on any atom is 0.0431 e. The van der Waals surface area contributed by atoms with Crippen LogP contribution in [-0.4, -0.2) is 11.7 Å². The molecule has 0 radical (unpaired) electrons. The summed E-state index contributed by atoms with van der Waals surface area (Å²) in [6, 6.07) is 6.66. The molecule has 2 aliphatic carbocycles. The summed E-state index contributed by atoms with van der Waals surface area (Å²) in [5.41, 5.74) is 4.81. The van der Waals surface area contributed by atoms with Crippen molar-refractivity contribution in [2.45, 2.75) is 52.4 Å². The van der Waals surface area contributed by atoms with Crippen LogP contribution in [0.25, 0.3) is 11.1 Å². The van der Waals surface area contributed by atoms with Gasteiger partial charge in [-0.1, -0.05) is 52.7 Å². The van der Waals surface area contributed by atoms with E-state index in [9.17, 15) is 0 Å². The Morgan fingerprint density at radius 2 is 1.81 bits per heavy atom. The molecule has 1 nitrogen and oxygen atoms in total. The Morgan fingerprint density at radius 3 is 1.94 bits per heavy atom. The van der Waals surface area contributed by atoms with Crippen LogP contribution in [0, 0.1) is 0 Å². The van der Waals surface area contributed by atoms with Crippen LogP contribution in [0.4, 0.5) is 0 Å². The summed E-state index contributed by atoms with van der Waals surface area (Å²) in [6.07, 6.45) is 3.33. The number of rotatable bonds is 3. The van der Waals surface area contributed by atoms with E-state index in [2.05, 4.69) is 45.9 Å². The topological polar surface area (TPSA) is 20.2 Å². The molecule has 1 heteroatoms.